The molecule has 0 saturated carbocycles. The lowest BCUT2D eigenvalue weighted by Crippen LogP contribution is -2.04. The van der Waals surface area contributed by atoms with E-state index in [1.54, 1.807) is 18.2 Å². The van der Waals surface area contributed by atoms with Gasteiger partial charge in [0, 0.05) is 11.1 Å². The molecule has 0 atom stereocenters. The van der Waals surface area contributed by atoms with E-state index in [0.29, 0.717) is 4.90 Å². The largest absolute Gasteiger partial charge is 0.478 e. The summed E-state index contributed by atoms with van der Waals surface area (Å²) in [5.41, 5.74) is 5.70. The molecule has 3 N–H and O–H groups in total. The average molecular weight is 264 g/mol. The van der Waals surface area contributed by atoms with Gasteiger partial charge in [-0.3, -0.25) is 0 Å². The van der Waals surface area contributed by atoms with Crippen LogP contribution < -0.4 is 5.73 Å². The van der Waals surface area contributed by atoms with Crippen molar-refractivity contribution in [3.8, 4) is 0 Å². The summed E-state index contributed by atoms with van der Waals surface area (Å²) in [7, 11) is 0. The first-order valence-corrected chi connectivity index (χ1v) is 5.81. The van der Waals surface area contributed by atoms with Gasteiger partial charge in [-0.2, -0.15) is 0 Å². The Morgan fingerprint density at radius 1 is 1.33 bits per heavy atom. The standard InChI is InChI=1S/C12H9FN2O2S/c13-8-3-1-2-4-9(8)18-11-10(14)7(12(16)17)5-6-15-11/h1-6H,14H2,(H,16,17). The molecule has 92 valence electrons. The second kappa shape index (κ2) is 5.05. The minimum atomic E-state index is -1.13. The molecule has 2 rings (SSSR count). The van der Waals surface area contributed by atoms with Crippen LogP contribution in [-0.2, 0) is 0 Å². The molecule has 0 radical (unpaired) electrons. The first-order chi connectivity index (χ1) is 8.59. The predicted octanol–water partition coefficient (Wildman–Crippen LogP) is 2.65. The van der Waals surface area contributed by atoms with E-state index in [1.165, 1.54) is 18.3 Å². The number of hydrogen-bond acceptors (Lipinski definition) is 4. The number of pyridine rings is 1. The van der Waals surface area contributed by atoms with Gasteiger partial charge in [0.1, 0.15) is 10.8 Å². The Labute approximate surface area is 107 Å². The second-order valence-corrected chi connectivity index (χ2v) is 4.45. The van der Waals surface area contributed by atoms with Gasteiger partial charge in [0.05, 0.1) is 11.3 Å². The fraction of sp³-hybridized carbons (Fsp3) is 0. The van der Waals surface area contributed by atoms with Crippen molar-refractivity contribution in [2.75, 3.05) is 5.73 Å². The highest BCUT2D eigenvalue weighted by atomic mass is 32.2. The van der Waals surface area contributed by atoms with E-state index in [-0.39, 0.29) is 16.3 Å². The molecular weight excluding hydrogens is 255 g/mol. The van der Waals surface area contributed by atoms with Gasteiger partial charge in [0.15, 0.2) is 0 Å². The van der Waals surface area contributed by atoms with E-state index in [1.807, 2.05) is 0 Å². The van der Waals surface area contributed by atoms with Gasteiger partial charge in [-0.1, -0.05) is 23.9 Å². The maximum Gasteiger partial charge on any atom is 0.337 e. The fourth-order valence-corrected chi connectivity index (χ4v) is 2.21. The number of benzene rings is 1. The number of nitrogens with zero attached hydrogens (tertiary/aromatic N) is 1. The van der Waals surface area contributed by atoms with Crippen LogP contribution in [0.2, 0.25) is 0 Å². The SMILES string of the molecule is Nc1c(C(=O)O)ccnc1Sc1ccccc1F. The Balaban J connectivity index is 2.39. The van der Waals surface area contributed by atoms with Gasteiger partial charge in [-0.05, 0) is 18.2 Å². The number of carbonyl (C=O) groups is 1. The molecule has 0 aliphatic rings. The number of aromatic carboxylic acids is 1. The lowest BCUT2D eigenvalue weighted by atomic mass is 10.2. The summed E-state index contributed by atoms with van der Waals surface area (Å²) in [6.45, 7) is 0. The lowest BCUT2D eigenvalue weighted by molar-refractivity contribution is 0.0697. The molecule has 0 unspecified atom stereocenters. The fourth-order valence-electron chi connectivity index (χ4n) is 1.35. The average Bonchev–Trinajstić information content (AvgIpc) is 2.34. The van der Waals surface area contributed by atoms with E-state index in [2.05, 4.69) is 4.98 Å². The minimum absolute atomic E-state index is 0.0381. The first-order valence-electron chi connectivity index (χ1n) is 4.99. The number of anilines is 1. The van der Waals surface area contributed by atoms with Crippen LogP contribution in [0, 0.1) is 5.82 Å². The van der Waals surface area contributed by atoms with Gasteiger partial charge in [-0.25, -0.2) is 14.2 Å². The van der Waals surface area contributed by atoms with Gasteiger partial charge in [0.25, 0.3) is 0 Å². The van der Waals surface area contributed by atoms with E-state index >= 15 is 0 Å². The summed E-state index contributed by atoms with van der Waals surface area (Å²) in [6.07, 6.45) is 1.34. The van der Waals surface area contributed by atoms with Crippen LogP contribution in [-0.4, -0.2) is 16.1 Å². The van der Waals surface area contributed by atoms with Crippen LogP contribution in [0.25, 0.3) is 0 Å². The molecule has 0 aliphatic heterocycles. The summed E-state index contributed by atoms with van der Waals surface area (Å²) in [6, 6.07) is 7.46. The quantitative estimate of drug-likeness (QED) is 0.891. The van der Waals surface area contributed by atoms with Crippen LogP contribution in [0.5, 0.6) is 0 Å². The number of halogens is 1. The molecule has 2 aromatic rings. The van der Waals surface area contributed by atoms with Gasteiger partial charge < -0.3 is 10.8 Å². The molecule has 0 spiro atoms. The number of nitrogens with two attached hydrogens (primary N) is 1. The molecule has 1 heterocycles. The number of carboxylic acids is 1. The van der Waals surface area contributed by atoms with E-state index in [9.17, 15) is 9.18 Å². The molecule has 0 amide bonds. The van der Waals surface area contributed by atoms with Crippen LogP contribution in [0.1, 0.15) is 10.4 Å². The molecule has 18 heavy (non-hydrogen) atoms. The number of aromatic nitrogens is 1. The van der Waals surface area contributed by atoms with Crippen LogP contribution in [0.4, 0.5) is 10.1 Å². The topological polar surface area (TPSA) is 76.2 Å². The zero-order chi connectivity index (χ0) is 13.1. The number of nitrogen functional groups attached to an aromatic ring is 1. The Hall–Kier alpha value is -2.08. The number of hydrogen-bond donors (Lipinski definition) is 2. The van der Waals surface area contributed by atoms with Crippen molar-refractivity contribution in [1.82, 2.24) is 4.98 Å². The van der Waals surface area contributed by atoms with E-state index in [4.69, 9.17) is 10.8 Å². The van der Waals surface area contributed by atoms with Crippen molar-refractivity contribution < 1.29 is 14.3 Å². The van der Waals surface area contributed by atoms with Crippen molar-refractivity contribution in [2.24, 2.45) is 0 Å². The van der Waals surface area contributed by atoms with E-state index in [0.717, 1.165) is 11.8 Å². The van der Waals surface area contributed by atoms with Crippen molar-refractivity contribution in [3.63, 3.8) is 0 Å². The highest BCUT2D eigenvalue weighted by molar-refractivity contribution is 7.99. The van der Waals surface area contributed by atoms with Crippen LogP contribution in [0.15, 0.2) is 46.5 Å². The summed E-state index contributed by atoms with van der Waals surface area (Å²) in [5, 5.41) is 9.20. The van der Waals surface area contributed by atoms with Crippen LogP contribution in [0.3, 0.4) is 0 Å². The van der Waals surface area contributed by atoms with Crippen molar-refractivity contribution >= 4 is 23.4 Å². The Kier molecular flexibility index (Phi) is 3.47. The molecule has 0 fully saturated rings. The molecule has 0 bridgehead atoms. The molecule has 6 heteroatoms. The Bertz CT molecular complexity index is 604. The predicted molar refractivity (Wildman–Crippen MR) is 66.1 cm³/mol. The summed E-state index contributed by atoms with van der Waals surface area (Å²) in [4.78, 5) is 15.2. The summed E-state index contributed by atoms with van der Waals surface area (Å²) >= 11 is 0.998. The van der Waals surface area contributed by atoms with Gasteiger partial charge in [0.2, 0.25) is 0 Å². The zero-order valence-electron chi connectivity index (χ0n) is 9.13. The third kappa shape index (κ3) is 2.43. The highest BCUT2D eigenvalue weighted by Crippen LogP contribution is 2.33. The maximum absolute atomic E-state index is 13.5. The zero-order valence-corrected chi connectivity index (χ0v) is 9.95. The summed E-state index contributed by atoms with van der Waals surface area (Å²) < 4.78 is 13.5. The highest BCUT2D eigenvalue weighted by Gasteiger charge is 2.14. The van der Waals surface area contributed by atoms with Gasteiger partial charge in [-0.15, -0.1) is 0 Å². The lowest BCUT2D eigenvalue weighted by Gasteiger charge is -2.07. The van der Waals surface area contributed by atoms with E-state index < -0.39 is 11.8 Å². The van der Waals surface area contributed by atoms with Crippen molar-refractivity contribution in [1.29, 1.82) is 0 Å². The van der Waals surface area contributed by atoms with Gasteiger partial charge >= 0.3 is 5.97 Å². The molecule has 4 nitrogen and oxygen atoms in total. The second-order valence-electron chi connectivity index (χ2n) is 3.41. The Morgan fingerprint density at radius 3 is 2.72 bits per heavy atom. The number of carboxylic acid groups (broad SMARTS) is 1. The number of rotatable bonds is 3. The molecule has 0 saturated heterocycles. The van der Waals surface area contributed by atoms with Crippen molar-refractivity contribution in [3.05, 3.63) is 47.9 Å². The summed E-state index contributed by atoms with van der Waals surface area (Å²) in [5.74, 6) is -1.53. The Morgan fingerprint density at radius 2 is 2.06 bits per heavy atom. The molecular formula is C12H9FN2O2S. The first kappa shape index (κ1) is 12.4. The molecule has 0 aliphatic carbocycles. The third-order valence-corrected chi connectivity index (χ3v) is 3.30. The smallest absolute Gasteiger partial charge is 0.337 e. The third-order valence-electron chi connectivity index (χ3n) is 2.23. The minimum Gasteiger partial charge on any atom is -0.478 e. The normalized spacial score (nSPS) is 10.3. The monoisotopic (exact) mass is 264 g/mol. The van der Waals surface area contributed by atoms with Crippen LogP contribution >= 0.6 is 11.8 Å². The molecule has 1 aromatic carbocycles. The molecule has 1 aromatic heterocycles. The van der Waals surface area contributed by atoms with Crippen molar-refractivity contribution in [2.45, 2.75) is 9.92 Å². The maximum atomic E-state index is 13.5.